The van der Waals surface area contributed by atoms with Gasteiger partial charge in [0.15, 0.2) is 5.58 Å². The highest BCUT2D eigenvalue weighted by molar-refractivity contribution is 5.92. The summed E-state index contributed by atoms with van der Waals surface area (Å²) in [5.41, 5.74) is 12.1. The van der Waals surface area contributed by atoms with Crippen LogP contribution in [0, 0.1) is 5.82 Å². The van der Waals surface area contributed by atoms with Gasteiger partial charge in [-0.2, -0.15) is 4.98 Å². The number of piperazine rings is 1. The van der Waals surface area contributed by atoms with Gasteiger partial charge >= 0.3 is 0 Å². The maximum absolute atomic E-state index is 14.3. The summed E-state index contributed by atoms with van der Waals surface area (Å²) in [7, 11) is 0. The van der Waals surface area contributed by atoms with Crippen LogP contribution < -0.4 is 10.6 Å². The molecule has 0 saturated carbocycles. The first-order valence-electron chi connectivity index (χ1n) is 12.7. The Kier molecular flexibility index (Phi) is 5.44. The number of para-hydroxylation sites is 3. The quantitative estimate of drug-likeness (QED) is 0.363. The molecule has 2 N–H and O–H groups in total. The minimum absolute atomic E-state index is 0.224. The average molecular weight is 508 g/mol. The van der Waals surface area contributed by atoms with Gasteiger partial charge in [-0.15, -0.1) is 0 Å². The van der Waals surface area contributed by atoms with Gasteiger partial charge in [-0.05, 0) is 35.4 Å². The molecule has 0 atom stereocenters. The van der Waals surface area contributed by atoms with E-state index in [4.69, 9.17) is 15.1 Å². The number of nitrogens with two attached hydrogens (primary N) is 1. The predicted molar refractivity (Wildman–Crippen MR) is 146 cm³/mol. The van der Waals surface area contributed by atoms with Crippen molar-refractivity contribution in [1.29, 1.82) is 0 Å². The summed E-state index contributed by atoms with van der Waals surface area (Å²) in [6.07, 6.45) is 2.55. The van der Waals surface area contributed by atoms with E-state index in [1.54, 1.807) is 10.5 Å². The van der Waals surface area contributed by atoms with Crippen LogP contribution in [0.15, 0.2) is 77.3 Å². The van der Waals surface area contributed by atoms with E-state index in [0.29, 0.717) is 23.5 Å². The maximum Gasteiger partial charge on any atom is 0.298 e. The molecule has 1 saturated heterocycles. The molecule has 0 spiro atoms. The summed E-state index contributed by atoms with van der Waals surface area (Å²) in [6, 6.07) is 21.9. The largest absolute Gasteiger partial charge is 0.423 e. The van der Waals surface area contributed by atoms with Gasteiger partial charge in [0.05, 0.1) is 5.69 Å². The predicted octanol–water partition coefficient (Wildman–Crippen LogP) is 4.66. The molecule has 4 heterocycles. The summed E-state index contributed by atoms with van der Waals surface area (Å²) in [5.74, 6) is -0.177. The number of hydrogen-bond donors (Lipinski definition) is 1. The summed E-state index contributed by atoms with van der Waals surface area (Å²) in [6.45, 7) is 4.40. The minimum atomic E-state index is -0.400. The third-order valence-corrected chi connectivity index (χ3v) is 7.27. The third-order valence-electron chi connectivity index (χ3n) is 7.27. The van der Waals surface area contributed by atoms with Crippen molar-refractivity contribution in [3.63, 3.8) is 0 Å². The van der Waals surface area contributed by atoms with Crippen molar-refractivity contribution >= 4 is 39.6 Å². The number of anilines is 2. The second kappa shape index (κ2) is 9.11. The molecule has 0 unspecified atom stereocenters. The van der Waals surface area contributed by atoms with Crippen LogP contribution in [0.4, 0.5) is 16.4 Å². The smallest absolute Gasteiger partial charge is 0.298 e. The van der Waals surface area contributed by atoms with Crippen molar-refractivity contribution in [3.8, 4) is 0 Å². The summed E-state index contributed by atoms with van der Waals surface area (Å²) < 4.78 is 22.0. The van der Waals surface area contributed by atoms with Gasteiger partial charge in [0, 0.05) is 50.7 Å². The van der Waals surface area contributed by atoms with Gasteiger partial charge in [0.2, 0.25) is 5.95 Å². The Balaban J connectivity index is 1.09. The lowest BCUT2D eigenvalue weighted by molar-refractivity contribution is 0.245. The number of rotatable bonds is 5. The number of fused-ring (bicyclic) bond motifs is 4. The fourth-order valence-corrected chi connectivity index (χ4v) is 5.27. The molecule has 3 aromatic carbocycles. The second-order valence-electron chi connectivity index (χ2n) is 9.70. The molecule has 6 aromatic rings. The van der Waals surface area contributed by atoms with E-state index in [1.807, 2.05) is 36.5 Å². The van der Waals surface area contributed by atoms with Crippen molar-refractivity contribution in [2.24, 2.45) is 0 Å². The molecule has 8 nitrogen and oxygen atoms in total. The van der Waals surface area contributed by atoms with E-state index in [0.717, 1.165) is 49.5 Å². The number of hydrogen-bond acceptors (Lipinski definition) is 7. The fraction of sp³-hybridized carbons (Fsp3) is 0.207. The van der Waals surface area contributed by atoms with Crippen molar-refractivity contribution in [2.45, 2.75) is 13.0 Å². The number of aromatic nitrogens is 4. The number of nitrogen functional groups attached to an aromatic ring is 1. The Hall–Kier alpha value is -4.50. The highest BCUT2D eigenvalue weighted by atomic mass is 19.1. The van der Waals surface area contributed by atoms with Gasteiger partial charge in [0.25, 0.3) is 6.01 Å². The van der Waals surface area contributed by atoms with Gasteiger partial charge in [-0.25, -0.2) is 14.4 Å². The summed E-state index contributed by atoms with van der Waals surface area (Å²) in [5, 5.41) is 0.649. The minimum Gasteiger partial charge on any atom is -0.423 e. The van der Waals surface area contributed by atoms with Crippen LogP contribution in [0.3, 0.4) is 0 Å². The van der Waals surface area contributed by atoms with Crippen molar-refractivity contribution in [2.75, 3.05) is 36.8 Å². The molecule has 3 aromatic heterocycles. The molecule has 0 bridgehead atoms. The lowest BCUT2D eigenvalue weighted by atomic mass is 10.0. The molecule has 38 heavy (non-hydrogen) atoms. The lowest BCUT2D eigenvalue weighted by Gasteiger charge is -2.34. The van der Waals surface area contributed by atoms with Crippen LogP contribution in [0.1, 0.15) is 16.8 Å². The summed E-state index contributed by atoms with van der Waals surface area (Å²) in [4.78, 5) is 18.4. The first-order chi connectivity index (χ1) is 18.6. The Morgan fingerprint density at radius 1 is 0.842 bits per heavy atom. The number of benzene rings is 3. The zero-order valence-electron chi connectivity index (χ0n) is 20.7. The molecular weight excluding hydrogens is 481 g/mol. The average Bonchev–Trinajstić information content (AvgIpc) is 3.56. The Morgan fingerprint density at radius 2 is 1.63 bits per heavy atom. The summed E-state index contributed by atoms with van der Waals surface area (Å²) >= 11 is 0. The molecule has 1 fully saturated rings. The van der Waals surface area contributed by atoms with Crippen molar-refractivity contribution in [3.05, 3.63) is 95.6 Å². The number of nitrogens with zero attached hydrogens (tertiary/aromatic N) is 6. The molecular formula is C29H26FN7O. The van der Waals surface area contributed by atoms with E-state index >= 15 is 0 Å². The first-order valence-corrected chi connectivity index (χ1v) is 12.7. The third kappa shape index (κ3) is 4.01. The van der Waals surface area contributed by atoms with Gasteiger partial charge in [0.1, 0.15) is 22.5 Å². The maximum atomic E-state index is 14.3. The van der Waals surface area contributed by atoms with Crippen LogP contribution in [0.25, 0.3) is 27.6 Å². The molecule has 0 aliphatic carbocycles. The van der Waals surface area contributed by atoms with Crippen LogP contribution >= 0.6 is 0 Å². The molecule has 7 rings (SSSR count). The van der Waals surface area contributed by atoms with Crippen molar-refractivity contribution < 1.29 is 8.81 Å². The van der Waals surface area contributed by atoms with Gasteiger partial charge in [-0.1, -0.05) is 42.5 Å². The Labute approximate surface area is 218 Å². The zero-order valence-corrected chi connectivity index (χ0v) is 20.7. The van der Waals surface area contributed by atoms with Crippen molar-refractivity contribution in [1.82, 2.24) is 24.3 Å². The molecule has 0 radical (unpaired) electrons. The fourth-order valence-electron chi connectivity index (χ4n) is 5.27. The lowest BCUT2D eigenvalue weighted by Crippen LogP contribution is -2.46. The normalized spacial score (nSPS) is 14.7. The van der Waals surface area contributed by atoms with Crippen LogP contribution in [-0.4, -0.2) is 50.4 Å². The van der Waals surface area contributed by atoms with Crippen LogP contribution in [-0.2, 0) is 13.0 Å². The Morgan fingerprint density at radius 3 is 2.47 bits per heavy atom. The monoisotopic (exact) mass is 507 g/mol. The topological polar surface area (TPSA) is 88.7 Å². The van der Waals surface area contributed by atoms with E-state index in [9.17, 15) is 4.39 Å². The highest BCUT2D eigenvalue weighted by Gasteiger charge is 2.22. The molecule has 1 aliphatic rings. The number of oxazole rings is 1. The number of halogens is 1. The first kappa shape index (κ1) is 22.7. The molecule has 0 amide bonds. The van der Waals surface area contributed by atoms with E-state index < -0.39 is 5.82 Å². The standard InChI is InChI=1S/C29H26FN7O/c30-23-9-5-8-22-26(23)34-28(31)37-18-21(32-27(22)37)16-19-6-1-2-7-20(19)17-35-12-14-36(15-13-35)29-33-24-10-3-4-11-25(24)38-29/h1-11,18H,12-17H2,(H2,31,34). The SMILES string of the molecule is Nc1nc2c(F)cccc2c2nc(Cc3ccccc3CN3CCN(c4nc5ccccc5o4)CC3)cn12. The zero-order chi connectivity index (χ0) is 25.6. The number of imidazole rings is 1. The molecule has 1 aliphatic heterocycles. The second-order valence-corrected chi connectivity index (χ2v) is 9.70. The molecule has 190 valence electrons. The highest BCUT2D eigenvalue weighted by Crippen LogP contribution is 2.26. The van der Waals surface area contributed by atoms with E-state index in [2.05, 4.69) is 44.0 Å². The van der Waals surface area contributed by atoms with Gasteiger partial charge < -0.3 is 15.1 Å². The van der Waals surface area contributed by atoms with Crippen LogP contribution in [0.5, 0.6) is 0 Å². The Bertz CT molecular complexity index is 1750. The van der Waals surface area contributed by atoms with Crippen LogP contribution in [0.2, 0.25) is 0 Å². The van der Waals surface area contributed by atoms with Gasteiger partial charge in [-0.3, -0.25) is 9.30 Å². The van der Waals surface area contributed by atoms with E-state index in [-0.39, 0.29) is 11.5 Å². The molecule has 9 heteroatoms. The van der Waals surface area contributed by atoms with E-state index in [1.165, 1.54) is 17.2 Å².